The summed E-state index contributed by atoms with van der Waals surface area (Å²) in [6.45, 7) is 4.73. The van der Waals surface area contributed by atoms with Crippen molar-refractivity contribution in [1.29, 1.82) is 0 Å². The lowest BCUT2D eigenvalue weighted by atomic mass is 10.4. The molecule has 6 heteroatoms. The van der Waals surface area contributed by atoms with Crippen LogP contribution >= 0.6 is 0 Å². The van der Waals surface area contributed by atoms with E-state index in [4.69, 9.17) is 0 Å². The molecule has 0 radical (unpaired) electrons. The lowest BCUT2D eigenvalue weighted by Gasteiger charge is -2.10. The fraction of sp³-hybridized carbons (Fsp3) is 1.00. The van der Waals surface area contributed by atoms with Crippen molar-refractivity contribution in [2.75, 3.05) is 13.1 Å². The van der Waals surface area contributed by atoms with Crippen LogP contribution < -0.4 is 14.8 Å². The molecule has 1 rings (SSSR count). The van der Waals surface area contributed by atoms with Crippen molar-refractivity contribution >= 4 is 10.2 Å². The standard InChI is InChI=1S/C8H19N3O2S/c1-7(2)11-14(12,13)10-6-5-9-8-3-4-8/h7-11H,3-6H2,1-2H3. The molecule has 1 aliphatic rings. The van der Waals surface area contributed by atoms with Gasteiger partial charge in [-0.25, -0.2) is 4.72 Å². The second kappa shape index (κ2) is 5.06. The van der Waals surface area contributed by atoms with Crippen LogP contribution in [0.4, 0.5) is 0 Å². The molecule has 0 aromatic carbocycles. The van der Waals surface area contributed by atoms with Crippen LogP contribution in [0.25, 0.3) is 0 Å². The third-order valence-corrected chi connectivity index (χ3v) is 3.18. The van der Waals surface area contributed by atoms with E-state index in [0.29, 0.717) is 19.1 Å². The lowest BCUT2D eigenvalue weighted by Crippen LogP contribution is -2.42. The van der Waals surface area contributed by atoms with E-state index in [1.807, 2.05) is 0 Å². The number of hydrogen-bond donors (Lipinski definition) is 3. The van der Waals surface area contributed by atoms with Gasteiger partial charge in [-0.05, 0) is 26.7 Å². The molecule has 1 aliphatic carbocycles. The molecule has 5 nitrogen and oxygen atoms in total. The van der Waals surface area contributed by atoms with Gasteiger partial charge in [-0.2, -0.15) is 13.1 Å². The van der Waals surface area contributed by atoms with E-state index in [-0.39, 0.29) is 6.04 Å². The summed E-state index contributed by atoms with van der Waals surface area (Å²) >= 11 is 0. The van der Waals surface area contributed by atoms with Crippen molar-refractivity contribution in [3.63, 3.8) is 0 Å². The van der Waals surface area contributed by atoms with Gasteiger partial charge in [0.2, 0.25) is 0 Å². The highest BCUT2D eigenvalue weighted by molar-refractivity contribution is 7.87. The van der Waals surface area contributed by atoms with E-state index >= 15 is 0 Å². The molecule has 0 spiro atoms. The average Bonchev–Trinajstić information content (AvgIpc) is 2.78. The van der Waals surface area contributed by atoms with Crippen LogP contribution in [-0.4, -0.2) is 33.6 Å². The van der Waals surface area contributed by atoms with Crippen LogP contribution in [0.3, 0.4) is 0 Å². The molecular formula is C8H19N3O2S. The predicted molar refractivity (Wildman–Crippen MR) is 56.2 cm³/mol. The van der Waals surface area contributed by atoms with Gasteiger partial charge in [-0.3, -0.25) is 0 Å². The molecule has 0 aromatic rings. The summed E-state index contributed by atoms with van der Waals surface area (Å²) in [6, 6.07) is 0.557. The molecule has 0 saturated heterocycles. The maximum absolute atomic E-state index is 11.3. The van der Waals surface area contributed by atoms with Crippen molar-refractivity contribution in [3.8, 4) is 0 Å². The first kappa shape index (κ1) is 11.9. The molecule has 0 aromatic heterocycles. The zero-order valence-corrected chi connectivity index (χ0v) is 9.52. The Morgan fingerprint density at radius 3 is 2.43 bits per heavy atom. The normalized spacial score (nSPS) is 17.6. The SMILES string of the molecule is CC(C)NS(=O)(=O)NCCNC1CC1. The molecule has 84 valence electrons. The van der Waals surface area contributed by atoms with E-state index in [0.717, 1.165) is 0 Å². The molecule has 3 N–H and O–H groups in total. The minimum atomic E-state index is -3.30. The van der Waals surface area contributed by atoms with Gasteiger partial charge in [0.05, 0.1) is 0 Å². The Morgan fingerprint density at radius 1 is 1.29 bits per heavy atom. The Bertz CT molecular complexity index is 260. The van der Waals surface area contributed by atoms with Gasteiger partial charge in [0.1, 0.15) is 0 Å². The quantitative estimate of drug-likeness (QED) is 0.511. The van der Waals surface area contributed by atoms with Gasteiger partial charge in [0.15, 0.2) is 0 Å². The summed E-state index contributed by atoms with van der Waals surface area (Å²) < 4.78 is 27.4. The minimum absolute atomic E-state index is 0.0658. The monoisotopic (exact) mass is 221 g/mol. The summed E-state index contributed by atoms with van der Waals surface area (Å²) in [5.41, 5.74) is 0. The summed E-state index contributed by atoms with van der Waals surface area (Å²) in [7, 11) is -3.30. The molecule has 14 heavy (non-hydrogen) atoms. The Balaban J connectivity index is 2.08. The van der Waals surface area contributed by atoms with Gasteiger partial charge < -0.3 is 5.32 Å². The first-order valence-electron chi connectivity index (χ1n) is 5.00. The highest BCUT2D eigenvalue weighted by Gasteiger charge is 2.19. The molecule has 0 amide bonds. The fourth-order valence-electron chi connectivity index (χ4n) is 1.10. The molecule has 0 aliphatic heterocycles. The van der Waals surface area contributed by atoms with E-state index in [1.54, 1.807) is 13.8 Å². The summed E-state index contributed by atoms with van der Waals surface area (Å²) in [6.07, 6.45) is 2.44. The third-order valence-electron chi connectivity index (χ3n) is 1.82. The van der Waals surface area contributed by atoms with Crippen LogP contribution in [0.1, 0.15) is 26.7 Å². The van der Waals surface area contributed by atoms with Gasteiger partial charge in [-0.1, -0.05) is 0 Å². The van der Waals surface area contributed by atoms with Gasteiger partial charge in [0, 0.05) is 25.2 Å². The van der Waals surface area contributed by atoms with Crippen LogP contribution in [0.2, 0.25) is 0 Å². The predicted octanol–water partition coefficient (Wildman–Crippen LogP) is -0.429. The third kappa shape index (κ3) is 5.54. The van der Waals surface area contributed by atoms with Crippen LogP contribution in [0, 0.1) is 0 Å². The molecule has 0 bridgehead atoms. The average molecular weight is 221 g/mol. The first-order valence-corrected chi connectivity index (χ1v) is 6.48. The number of nitrogens with one attached hydrogen (secondary N) is 3. The maximum Gasteiger partial charge on any atom is 0.277 e. The topological polar surface area (TPSA) is 70.2 Å². The van der Waals surface area contributed by atoms with E-state index in [9.17, 15) is 8.42 Å². The van der Waals surface area contributed by atoms with Crippen molar-refractivity contribution in [1.82, 2.24) is 14.8 Å². The Morgan fingerprint density at radius 2 is 1.93 bits per heavy atom. The Hall–Kier alpha value is -0.170. The molecule has 1 fully saturated rings. The molecule has 0 heterocycles. The van der Waals surface area contributed by atoms with E-state index in [2.05, 4.69) is 14.8 Å². The molecule has 0 unspecified atom stereocenters. The van der Waals surface area contributed by atoms with Gasteiger partial charge >= 0.3 is 0 Å². The van der Waals surface area contributed by atoms with Crippen LogP contribution in [0.5, 0.6) is 0 Å². The van der Waals surface area contributed by atoms with Crippen molar-refractivity contribution in [2.24, 2.45) is 0 Å². The summed E-state index contributed by atoms with van der Waals surface area (Å²) in [5.74, 6) is 0. The highest BCUT2D eigenvalue weighted by atomic mass is 32.2. The zero-order valence-electron chi connectivity index (χ0n) is 8.71. The first-order chi connectivity index (χ1) is 6.49. The van der Waals surface area contributed by atoms with Gasteiger partial charge in [0.25, 0.3) is 10.2 Å². The Kier molecular flexibility index (Phi) is 4.31. The summed E-state index contributed by atoms with van der Waals surface area (Å²) in [5, 5.41) is 3.23. The van der Waals surface area contributed by atoms with Gasteiger partial charge in [-0.15, -0.1) is 0 Å². The maximum atomic E-state index is 11.3. The largest absolute Gasteiger partial charge is 0.313 e. The second-order valence-electron chi connectivity index (χ2n) is 3.90. The van der Waals surface area contributed by atoms with Crippen LogP contribution in [-0.2, 0) is 10.2 Å². The van der Waals surface area contributed by atoms with Crippen molar-refractivity contribution in [2.45, 2.75) is 38.8 Å². The highest BCUT2D eigenvalue weighted by Crippen LogP contribution is 2.17. The number of rotatable bonds is 7. The minimum Gasteiger partial charge on any atom is -0.313 e. The van der Waals surface area contributed by atoms with Crippen molar-refractivity contribution < 1.29 is 8.42 Å². The second-order valence-corrected chi connectivity index (χ2v) is 5.43. The molecule has 1 saturated carbocycles. The lowest BCUT2D eigenvalue weighted by molar-refractivity contribution is 0.550. The zero-order chi connectivity index (χ0) is 10.6. The molecule has 0 atom stereocenters. The van der Waals surface area contributed by atoms with E-state index < -0.39 is 10.2 Å². The van der Waals surface area contributed by atoms with Crippen molar-refractivity contribution in [3.05, 3.63) is 0 Å². The molecular weight excluding hydrogens is 202 g/mol. The fourth-order valence-corrected chi connectivity index (χ4v) is 2.18. The Labute approximate surface area is 85.8 Å². The van der Waals surface area contributed by atoms with Crippen LogP contribution in [0.15, 0.2) is 0 Å². The van der Waals surface area contributed by atoms with E-state index in [1.165, 1.54) is 12.8 Å². The summed E-state index contributed by atoms with van der Waals surface area (Å²) in [4.78, 5) is 0. The number of hydrogen-bond acceptors (Lipinski definition) is 3. The smallest absolute Gasteiger partial charge is 0.277 e.